The molecule has 62 valence electrons. The van der Waals surface area contributed by atoms with Crippen molar-refractivity contribution in [3.05, 3.63) is 0 Å². The number of hydrogen-bond acceptors (Lipinski definition) is 2. The molecule has 0 unspecified atom stereocenters. The Balaban J connectivity index is 2.31. The van der Waals surface area contributed by atoms with E-state index in [1.165, 1.54) is 0 Å². The molecule has 1 fully saturated rings. The highest BCUT2D eigenvalue weighted by Gasteiger charge is 2.18. The molecule has 0 spiro atoms. The van der Waals surface area contributed by atoms with Gasteiger partial charge in [0.2, 0.25) is 0 Å². The van der Waals surface area contributed by atoms with Crippen LogP contribution < -0.4 is 0 Å². The van der Waals surface area contributed by atoms with Crippen molar-refractivity contribution in [3.8, 4) is 0 Å². The van der Waals surface area contributed by atoms with Crippen LogP contribution in [-0.2, 0) is 14.7 Å². The number of rotatable bonds is 2. The summed E-state index contributed by atoms with van der Waals surface area (Å²) >= 11 is 0. The molecule has 0 aromatic rings. The molecule has 3 heteroatoms. The minimum atomic E-state index is -1.79. The van der Waals surface area contributed by atoms with E-state index in [2.05, 4.69) is 0 Å². The molecule has 0 aromatic heterocycles. The fraction of sp³-hybridized carbons (Fsp3) is 1.00. The molecule has 1 rings (SSSR count). The number of hydrogen-bond donors (Lipinski definition) is 1. The standard InChI is InChI=1S/C7H16O2S/c1-10(2,8)6-7-3-4-9-5-7/h7,10H,3-6H2,1-2H3/t7-/m1/s1. The molecular weight excluding hydrogens is 148 g/mol. The molecule has 10 heavy (non-hydrogen) atoms. The summed E-state index contributed by atoms with van der Waals surface area (Å²) in [6, 6.07) is 0. The van der Waals surface area contributed by atoms with E-state index in [-0.39, 0.29) is 0 Å². The van der Waals surface area contributed by atoms with E-state index in [1.807, 2.05) is 12.5 Å². The Morgan fingerprint density at radius 2 is 2.30 bits per heavy atom. The number of ether oxygens (including phenoxy) is 1. The van der Waals surface area contributed by atoms with Gasteiger partial charge in [-0.3, -0.25) is 4.21 Å². The molecule has 1 saturated heterocycles. The van der Waals surface area contributed by atoms with Crippen LogP contribution in [0.1, 0.15) is 6.42 Å². The van der Waals surface area contributed by atoms with E-state index in [9.17, 15) is 4.21 Å². The van der Waals surface area contributed by atoms with Gasteiger partial charge in [0, 0.05) is 12.4 Å². The fourth-order valence-corrected chi connectivity index (χ4v) is 2.88. The largest absolute Gasteiger partial charge is 0.381 e. The first kappa shape index (κ1) is 8.21. The first-order chi connectivity index (χ1) is 4.58. The minimum Gasteiger partial charge on any atom is -0.381 e. The Bertz CT molecular complexity index is 144. The maximum Gasteiger partial charge on any atom is 0.0503 e. The second-order valence-electron chi connectivity index (χ2n) is 3.49. The first-order valence-electron chi connectivity index (χ1n) is 3.70. The second kappa shape index (κ2) is 3.01. The van der Waals surface area contributed by atoms with E-state index in [4.69, 9.17) is 4.74 Å². The van der Waals surface area contributed by atoms with E-state index in [0.717, 1.165) is 25.4 Å². The molecule has 2 nitrogen and oxygen atoms in total. The van der Waals surface area contributed by atoms with Gasteiger partial charge in [-0.2, -0.15) is 0 Å². The molecule has 0 aliphatic carbocycles. The van der Waals surface area contributed by atoms with Gasteiger partial charge in [0.05, 0.1) is 6.61 Å². The average molecular weight is 164 g/mol. The van der Waals surface area contributed by atoms with Crippen LogP contribution in [0.4, 0.5) is 0 Å². The number of thiol groups is 1. The Labute approximate surface area is 63.4 Å². The van der Waals surface area contributed by atoms with Gasteiger partial charge < -0.3 is 4.74 Å². The van der Waals surface area contributed by atoms with Gasteiger partial charge in [0.15, 0.2) is 0 Å². The molecule has 0 N–H and O–H groups in total. The zero-order chi connectivity index (χ0) is 7.61. The second-order valence-corrected chi connectivity index (χ2v) is 7.00. The van der Waals surface area contributed by atoms with Crippen LogP contribution in [0.2, 0.25) is 0 Å². The monoisotopic (exact) mass is 164 g/mol. The van der Waals surface area contributed by atoms with Gasteiger partial charge in [0.25, 0.3) is 0 Å². The van der Waals surface area contributed by atoms with Gasteiger partial charge in [-0.25, -0.2) is 0 Å². The summed E-state index contributed by atoms with van der Waals surface area (Å²) in [5, 5.41) is 0. The predicted molar refractivity (Wildman–Crippen MR) is 45.2 cm³/mol. The molecule has 1 atom stereocenters. The van der Waals surface area contributed by atoms with Crippen molar-refractivity contribution < 1.29 is 8.95 Å². The molecular formula is C7H16O2S. The summed E-state index contributed by atoms with van der Waals surface area (Å²) in [7, 11) is -1.79. The van der Waals surface area contributed by atoms with Crippen molar-refractivity contribution in [2.24, 2.45) is 5.92 Å². The normalized spacial score (nSPS) is 28.8. The Morgan fingerprint density at radius 3 is 2.70 bits per heavy atom. The van der Waals surface area contributed by atoms with Gasteiger partial charge in [-0.05, 0) is 24.9 Å². The molecule has 0 saturated carbocycles. The summed E-state index contributed by atoms with van der Waals surface area (Å²) in [5.41, 5.74) is 0. The fourth-order valence-electron chi connectivity index (χ4n) is 1.35. The van der Waals surface area contributed by atoms with Gasteiger partial charge in [0.1, 0.15) is 0 Å². The van der Waals surface area contributed by atoms with Crippen molar-refractivity contribution in [1.82, 2.24) is 0 Å². The Kier molecular flexibility index (Phi) is 2.47. The highest BCUT2D eigenvalue weighted by atomic mass is 32.2. The molecule has 0 radical (unpaired) electrons. The molecule has 1 aliphatic rings. The average Bonchev–Trinajstić information content (AvgIpc) is 2.12. The summed E-state index contributed by atoms with van der Waals surface area (Å²) < 4.78 is 16.5. The predicted octanol–water partition coefficient (Wildman–Crippen LogP) is 0.299. The summed E-state index contributed by atoms with van der Waals surface area (Å²) in [4.78, 5) is 0. The third-order valence-corrected chi connectivity index (χ3v) is 3.12. The van der Waals surface area contributed by atoms with Crippen molar-refractivity contribution >= 4 is 9.93 Å². The SMILES string of the molecule is C[SH](C)(=O)C[C@@H]1CCOC1. The van der Waals surface area contributed by atoms with Crippen LogP contribution in [0.5, 0.6) is 0 Å². The lowest BCUT2D eigenvalue weighted by Gasteiger charge is -2.15. The summed E-state index contributed by atoms with van der Waals surface area (Å²) in [6.45, 7) is 1.69. The van der Waals surface area contributed by atoms with Crippen molar-refractivity contribution in [3.63, 3.8) is 0 Å². The molecule has 0 aromatic carbocycles. The maximum atomic E-state index is 11.3. The highest BCUT2D eigenvalue weighted by Crippen LogP contribution is 2.15. The van der Waals surface area contributed by atoms with Crippen molar-refractivity contribution in [2.75, 3.05) is 31.5 Å². The molecule has 1 heterocycles. The zero-order valence-corrected chi connectivity index (χ0v) is 7.56. The van der Waals surface area contributed by atoms with E-state index in [0.29, 0.717) is 5.92 Å². The van der Waals surface area contributed by atoms with Gasteiger partial charge >= 0.3 is 0 Å². The lowest BCUT2D eigenvalue weighted by molar-refractivity contribution is 0.188. The summed E-state index contributed by atoms with van der Waals surface area (Å²) in [5.74, 6) is 1.44. The first-order valence-corrected chi connectivity index (χ1v) is 6.48. The van der Waals surface area contributed by atoms with Crippen LogP contribution in [0.25, 0.3) is 0 Å². The van der Waals surface area contributed by atoms with Crippen LogP contribution in [0, 0.1) is 5.92 Å². The molecule has 1 aliphatic heterocycles. The quantitative estimate of drug-likeness (QED) is 0.594. The lowest BCUT2D eigenvalue weighted by atomic mass is 10.2. The Morgan fingerprint density at radius 1 is 1.60 bits per heavy atom. The molecule has 0 bridgehead atoms. The van der Waals surface area contributed by atoms with E-state index in [1.54, 1.807) is 0 Å². The maximum absolute atomic E-state index is 11.3. The van der Waals surface area contributed by atoms with E-state index >= 15 is 0 Å². The van der Waals surface area contributed by atoms with Crippen LogP contribution in [-0.4, -0.2) is 35.7 Å². The topological polar surface area (TPSA) is 26.3 Å². The lowest BCUT2D eigenvalue weighted by Crippen LogP contribution is -2.20. The minimum absolute atomic E-state index is 0.570. The van der Waals surface area contributed by atoms with Gasteiger partial charge in [-0.1, -0.05) is 0 Å². The van der Waals surface area contributed by atoms with Crippen molar-refractivity contribution in [1.29, 1.82) is 0 Å². The third-order valence-electron chi connectivity index (χ3n) is 1.72. The van der Waals surface area contributed by atoms with Crippen LogP contribution in [0.3, 0.4) is 0 Å². The smallest absolute Gasteiger partial charge is 0.0503 e. The van der Waals surface area contributed by atoms with Crippen molar-refractivity contribution in [2.45, 2.75) is 6.42 Å². The zero-order valence-electron chi connectivity index (χ0n) is 6.67. The third kappa shape index (κ3) is 2.80. The van der Waals surface area contributed by atoms with Crippen LogP contribution >= 0.6 is 0 Å². The van der Waals surface area contributed by atoms with Gasteiger partial charge in [-0.15, -0.1) is 9.93 Å². The molecule has 0 amide bonds. The van der Waals surface area contributed by atoms with Crippen LogP contribution in [0.15, 0.2) is 0 Å². The highest BCUT2D eigenvalue weighted by molar-refractivity contribution is 8.01. The van der Waals surface area contributed by atoms with E-state index < -0.39 is 9.93 Å². The summed E-state index contributed by atoms with van der Waals surface area (Å²) in [6.07, 6.45) is 4.81. The Hall–Kier alpha value is 0.110.